The second kappa shape index (κ2) is 8.12. The first kappa shape index (κ1) is 17.5. The molecule has 2 aromatic rings. The molecule has 0 aromatic heterocycles. The number of carbonyl (C=O) groups excluding carboxylic acids is 3. The van der Waals surface area contributed by atoms with Crippen LogP contribution in [0.1, 0.15) is 17.3 Å². The SMILES string of the molecule is CC(=O)Nc1cccc(NC(=O)CNC(=O)c2cccc(Cl)c2)c1. The lowest BCUT2D eigenvalue weighted by atomic mass is 10.2. The number of carbonyl (C=O) groups is 3. The number of halogens is 1. The smallest absolute Gasteiger partial charge is 0.251 e. The number of benzene rings is 2. The lowest BCUT2D eigenvalue weighted by Gasteiger charge is -2.09. The van der Waals surface area contributed by atoms with Crippen molar-refractivity contribution in [1.29, 1.82) is 0 Å². The molecule has 0 unspecified atom stereocenters. The topological polar surface area (TPSA) is 87.3 Å². The number of nitrogens with one attached hydrogen (secondary N) is 3. The van der Waals surface area contributed by atoms with Crippen LogP contribution in [0.5, 0.6) is 0 Å². The molecule has 0 fully saturated rings. The standard InChI is InChI=1S/C17H16ClN3O3/c1-11(22)20-14-6-3-7-15(9-14)21-16(23)10-19-17(24)12-4-2-5-13(18)8-12/h2-9H,10H2,1H3,(H,19,24)(H,20,22)(H,21,23). The van der Waals surface area contributed by atoms with E-state index in [2.05, 4.69) is 16.0 Å². The summed E-state index contributed by atoms with van der Waals surface area (Å²) in [4.78, 5) is 34.9. The lowest BCUT2D eigenvalue weighted by Crippen LogP contribution is -2.32. The predicted molar refractivity (Wildman–Crippen MR) is 93.2 cm³/mol. The van der Waals surface area contributed by atoms with Crippen LogP contribution in [0.3, 0.4) is 0 Å². The van der Waals surface area contributed by atoms with Crippen molar-refractivity contribution in [1.82, 2.24) is 5.32 Å². The Morgan fingerprint density at radius 1 is 0.958 bits per heavy atom. The van der Waals surface area contributed by atoms with Crippen LogP contribution in [0.2, 0.25) is 5.02 Å². The van der Waals surface area contributed by atoms with Gasteiger partial charge in [0.25, 0.3) is 5.91 Å². The molecular formula is C17H16ClN3O3. The summed E-state index contributed by atoms with van der Waals surface area (Å²) in [6, 6.07) is 13.2. The average molecular weight is 346 g/mol. The Balaban J connectivity index is 1.89. The third-order valence-electron chi connectivity index (χ3n) is 2.96. The molecule has 0 bridgehead atoms. The van der Waals surface area contributed by atoms with Gasteiger partial charge in [0, 0.05) is 28.9 Å². The maximum Gasteiger partial charge on any atom is 0.251 e. The van der Waals surface area contributed by atoms with Gasteiger partial charge >= 0.3 is 0 Å². The summed E-state index contributed by atoms with van der Waals surface area (Å²) in [6.45, 7) is 1.21. The van der Waals surface area contributed by atoms with Crippen molar-refractivity contribution >= 4 is 40.7 Å². The molecule has 3 N–H and O–H groups in total. The molecule has 2 rings (SSSR count). The summed E-state index contributed by atoms with van der Waals surface area (Å²) >= 11 is 5.82. The van der Waals surface area contributed by atoms with Crippen molar-refractivity contribution in [2.24, 2.45) is 0 Å². The van der Waals surface area contributed by atoms with E-state index in [4.69, 9.17) is 11.6 Å². The van der Waals surface area contributed by atoms with Crippen molar-refractivity contribution in [2.75, 3.05) is 17.2 Å². The molecule has 3 amide bonds. The molecule has 6 nitrogen and oxygen atoms in total. The van der Waals surface area contributed by atoms with E-state index in [1.807, 2.05) is 0 Å². The van der Waals surface area contributed by atoms with E-state index in [9.17, 15) is 14.4 Å². The molecule has 124 valence electrons. The van der Waals surface area contributed by atoms with Crippen LogP contribution in [-0.4, -0.2) is 24.3 Å². The van der Waals surface area contributed by atoms with E-state index in [1.54, 1.807) is 42.5 Å². The van der Waals surface area contributed by atoms with Crippen molar-refractivity contribution in [3.8, 4) is 0 Å². The predicted octanol–water partition coefficient (Wildman–Crippen LogP) is 2.67. The molecule has 24 heavy (non-hydrogen) atoms. The van der Waals surface area contributed by atoms with Gasteiger partial charge in [-0.05, 0) is 36.4 Å². The molecular weight excluding hydrogens is 330 g/mol. The van der Waals surface area contributed by atoms with Gasteiger partial charge in [0.2, 0.25) is 11.8 Å². The van der Waals surface area contributed by atoms with E-state index in [0.29, 0.717) is 22.0 Å². The van der Waals surface area contributed by atoms with Crippen LogP contribution in [0.15, 0.2) is 48.5 Å². The van der Waals surface area contributed by atoms with Gasteiger partial charge in [0.15, 0.2) is 0 Å². The minimum absolute atomic E-state index is 0.185. The highest BCUT2D eigenvalue weighted by Gasteiger charge is 2.09. The Morgan fingerprint density at radius 2 is 1.62 bits per heavy atom. The summed E-state index contributed by atoms with van der Waals surface area (Å²) in [5, 5.41) is 8.23. The van der Waals surface area contributed by atoms with E-state index in [1.165, 1.54) is 13.0 Å². The molecule has 0 saturated heterocycles. The first-order chi connectivity index (χ1) is 11.4. The summed E-state index contributed by atoms with van der Waals surface area (Å²) in [5.41, 5.74) is 1.47. The highest BCUT2D eigenvalue weighted by atomic mass is 35.5. The lowest BCUT2D eigenvalue weighted by molar-refractivity contribution is -0.115. The van der Waals surface area contributed by atoms with Crippen LogP contribution in [0.4, 0.5) is 11.4 Å². The zero-order valence-corrected chi connectivity index (χ0v) is 13.7. The summed E-state index contributed by atoms with van der Waals surface area (Å²) < 4.78 is 0. The Hall–Kier alpha value is -2.86. The molecule has 0 radical (unpaired) electrons. The molecule has 0 aliphatic rings. The van der Waals surface area contributed by atoms with Gasteiger partial charge in [-0.2, -0.15) is 0 Å². The number of rotatable bonds is 5. The van der Waals surface area contributed by atoms with Gasteiger partial charge in [0.1, 0.15) is 0 Å². The van der Waals surface area contributed by atoms with Crippen LogP contribution in [-0.2, 0) is 9.59 Å². The zero-order valence-electron chi connectivity index (χ0n) is 12.9. The van der Waals surface area contributed by atoms with Crippen molar-refractivity contribution < 1.29 is 14.4 Å². The second-order valence-electron chi connectivity index (χ2n) is 5.00. The van der Waals surface area contributed by atoms with Gasteiger partial charge in [-0.1, -0.05) is 23.7 Å². The van der Waals surface area contributed by atoms with Crippen molar-refractivity contribution in [3.05, 3.63) is 59.1 Å². The fraction of sp³-hybridized carbons (Fsp3) is 0.118. The molecule has 7 heteroatoms. The van der Waals surface area contributed by atoms with Gasteiger partial charge in [-0.15, -0.1) is 0 Å². The van der Waals surface area contributed by atoms with E-state index in [0.717, 1.165) is 0 Å². The fourth-order valence-electron chi connectivity index (χ4n) is 1.98. The van der Waals surface area contributed by atoms with Gasteiger partial charge in [-0.25, -0.2) is 0 Å². The molecule has 0 saturated carbocycles. The highest BCUT2D eigenvalue weighted by molar-refractivity contribution is 6.31. The zero-order chi connectivity index (χ0) is 17.5. The first-order valence-corrected chi connectivity index (χ1v) is 7.53. The third-order valence-corrected chi connectivity index (χ3v) is 3.20. The van der Waals surface area contributed by atoms with E-state index in [-0.39, 0.29) is 24.3 Å². The molecule has 0 aliphatic heterocycles. The molecule has 0 spiro atoms. The van der Waals surface area contributed by atoms with Gasteiger partial charge in [-0.3, -0.25) is 14.4 Å². The number of amides is 3. The van der Waals surface area contributed by atoms with Gasteiger partial charge < -0.3 is 16.0 Å². The van der Waals surface area contributed by atoms with Crippen LogP contribution >= 0.6 is 11.6 Å². The molecule has 0 atom stereocenters. The third kappa shape index (κ3) is 5.40. The Bertz CT molecular complexity index is 777. The fourth-order valence-corrected chi connectivity index (χ4v) is 2.17. The second-order valence-corrected chi connectivity index (χ2v) is 5.44. The number of hydrogen-bond acceptors (Lipinski definition) is 3. The Labute approximate surface area is 144 Å². The average Bonchev–Trinajstić information content (AvgIpc) is 2.52. The number of anilines is 2. The minimum atomic E-state index is -0.389. The maximum atomic E-state index is 11.9. The van der Waals surface area contributed by atoms with Gasteiger partial charge in [0.05, 0.1) is 6.54 Å². The number of hydrogen-bond donors (Lipinski definition) is 3. The van der Waals surface area contributed by atoms with Crippen molar-refractivity contribution in [3.63, 3.8) is 0 Å². The highest BCUT2D eigenvalue weighted by Crippen LogP contribution is 2.15. The summed E-state index contributed by atoms with van der Waals surface area (Å²) in [5.74, 6) is -0.975. The Kier molecular flexibility index (Phi) is 5.92. The van der Waals surface area contributed by atoms with Crippen LogP contribution in [0, 0.1) is 0 Å². The van der Waals surface area contributed by atoms with Crippen LogP contribution in [0.25, 0.3) is 0 Å². The normalized spacial score (nSPS) is 9.92. The monoisotopic (exact) mass is 345 g/mol. The quantitative estimate of drug-likeness (QED) is 0.778. The molecule has 0 aliphatic carbocycles. The van der Waals surface area contributed by atoms with E-state index < -0.39 is 0 Å². The Morgan fingerprint density at radius 3 is 2.29 bits per heavy atom. The summed E-state index contributed by atoms with van der Waals surface area (Å²) in [6.07, 6.45) is 0. The maximum absolute atomic E-state index is 11.9. The molecule has 0 heterocycles. The summed E-state index contributed by atoms with van der Waals surface area (Å²) in [7, 11) is 0. The first-order valence-electron chi connectivity index (χ1n) is 7.15. The van der Waals surface area contributed by atoms with Crippen molar-refractivity contribution in [2.45, 2.75) is 6.92 Å². The minimum Gasteiger partial charge on any atom is -0.343 e. The largest absolute Gasteiger partial charge is 0.343 e. The molecule has 2 aromatic carbocycles. The van der Waals surface area contributed by atoms with Crippen LogP contribution < -0.4 is 16.0 Å². The van der Waals surface area contributed by atoms with E-state index >= 15 is 0 Å².